The molecule has 114 valence electrons. The standard InChI is InChI=1S/C18H31NO/c1-6-12-19-13-11-18(5,20)14-15-7-9-16(10-8-15)17(2,3)4/h7-10,19-20H,6,11-14H2,1-5H3. The molecule has 0 fully saturated rings. The molecule has 0 radical (unpaired) electrons. The van der Waals surface area contributed by atoms with Crippen LogP contribution >= 0.6 is 0 Å². The molecule has 0 aliphatic rings. The van der Waals surface area contributed by atoms with Crippen molar-refractivity contribution in [2.75, 3.05) is 13.1 Å². The molecule has 0 spiro atoms. The van der Waals surface area contributed by atoms with Gasteiger partial charge in [0.1, 0.15) is 0 Å². The highest BCUT2D eigenvalue weighted by molar-refractivity contribution is 5.28. The van der Waals surface area contributed by atoms with E-state index in [1.165, 1.54) is 11.1 Å². The molecule has 1 unspecified atom stereocenters. The number of hydrogen-bond donors (Lipinski definition) is 2. The minimum atomic E-state index is -0.635. The van der Waals surface area contributed by atoms with E-state index >= 15 is 0 Å². The molecule has 20 heavy (non-hydrogen) atoms. The second-order valence-electron chi connectivity index (χ2n) is 7.12. The summed E-state index contributed by atoms with van der Waals surface area (Å²) in [5, 5.41) is 13.8. The molecule has 2 heteroatoms. The zero-order chi connectivity index (χ0) is 15.2. The Morgan fingerprint density at radius 1 is 1.00 bits per heavy atom. The first kappa shape index (κ1) is 17.2. The molecule has 0 aliphatic heterocycles. The minimum Gasteiger partial charge on any atom is -0.390 e. The summed E-state index contributed by atoms with van der Waals surface area (Å²) in [6.07, 6.45) is 2.63. The van der Waals surface area contributed by atoms with Gasteiger partial charge in [-0.05, 0) is 49.4 Å². The topological polar surface area (TPSA) is 32.3 Å². The minimum absolute atomic E-state index is 0.186. The zero-order valence-corrected chi connectivity index (χ0v) is 13.8. The van der Waals surface area contributed by atoms with E-state index in [9.17, 15) is 5.11 Å². The third-order valence-electron chi connectivity index (χ3n) is 3.67. The molecule has 0 amide bonds. The third kappa shape index (κ3) is 6.06. The monoisotopic (exact) mass is 277 g/mol. The van der Waals surface area contributed by atoms with Crippen LogP contribution in [0.2, 0.25) is 0 Å². The van der Waals surface area contributed by atoms with Crippen LogP contribution < -0.4 is 5.32 Å². The van der Waals surface area contributed by atoms with Crippen LogP contribution in [0.3, 0.4) is 0 Å². The third-order valence-corrected chi connectivity index (χ3v) is 3.67. The highest BCUT2D eigenvalue weighted by Gasteiger charge is 2.21. The summed E-state index contributed by atoms with van der Waals surface area (Å²) >= 11 is 0. The highest BCUT2D eigenvalue weighted by atomic mass is 16.3. The van der Waals surface area contributed by atoms with E-state index in [1.54, 1.807) is 0 Å². The van der Waals surface area contributed by atoms with E-state index in [2.05, 4.69) is 57.3 Å². The van der Waals surface area contributed by atoms with Gasteiger partial charge in [0.2, 0.25) is 0 Å². The average molecular weight is 277 g/mol. The molecule has 1 aromatic carbocycles. The molecule has 2 N–H and O–H groups in total. The first-order valence-corrected chi connectivity index (χ1v) is 7.77. The Bertz CT molecular complexity index is 387. The van der Waals surface area contributed by atoms with Gasteiger partial charge < -0.3 is 10.4 Å². The van der Waals surface area contributed by atoms with Crippen LogP contribution in [-0.4, -0.2) is 23.8 Å². The predicted molar refractivity (Wildman–Crippen MR) is 87.2 cm³/mol. The first-order valence-electron chi connectivity index (χ1n) is 7.77. The summed E-state index contributed by atoms with van der Waals surface area (Å²) in [6, 6.07) is 8.66. The molecule has 1 atom stereocenters. The number of rotatable bonds is 7. The van der Waals surface area contributed by atoms with Gasteiger partial charge in [0, 0.05) is 6.42 Å². The lowest BCUT2D eigenvalue weighted by Gasteiger charge is -2.24. The Kier molecular flexibility index (Phi) is 6.22. The maximum Gasteiger partial charge on any atom is 0.0672 e. The van der Waals surface area contributed by atoms with Crippen molar-refractivity contribution in [3.05, 3.63) is 35.4 Å². The summed E-state index contributed by atoms with van der Waals surface area (Å²) in [5.41, 5.74) is 2.10. The molecule has 0 heterocycles. The summed E-state index contributed by atoms with van der Waals surface area (Å²) in [6.45, 7) is 12.6. The smallest absolute Gasteiger partial charge is 0.0672 e. The normalized spacial score (nSPS) is 15.1. The molecular formula is C18H31NO. The maximum atomic E-state index is 10.5. The van der Waals surface area contributed by atoms with E-state index in [-0.39, 0.29) is 5.41 Å². The van der Waals surface area contributed by atoms with Crippen molar-refractivity contribution in [2.24, 2.45) is 0 Å². The van der Waals surface area contributed by atoms with Crippen molar-refractivity contribution >= 4 is 0 Å². The largest absolute Gasteiger partial charge is 0.390 e. The Morgan fingerprint density at radius 3 is 2.10 bits per heavy atom. The summed E-state index contributed by atoms with van der Waals surface area (Å²) in [5.74, 6) is 0. The zero-order valence-electron chi connectivity index (χ0n) is 13.8. The molecule has 1 aromatic rings. The highest BCUT2D eigenvalue weighted by Crippen LogP contribution is 2.24. The molecule has 1 rings (SSSR count). The Balaban J connectivity index is 2.54. The summed E-state index contributed by atoms with van der Waals surface area (Å²) in [7, 11) is 0. The van der Waals surface area contributed by atoms with Gasteiger partial charge in [-0.3, -0.25) is 0 Å². The van der Waals surface area contributed by atoms with Gasteiger partial charge in [-0.15, -0.1) is 0 Å². The van der Waals surface area contributed by atoms with Crippen LogP contribution in [0.1, 0.15) is 58.6 Å². The Hall–Kier alpha value is -0.860. The van der Waals surface area contributed by atoms with Crippen LogP contribution in [0.15, 0.2) is 24.3 Å². The van der Waals surface area contributed by atoms with Gasteiger partial charge in [-0.2, -0.15) is 0 Å². The van der Waals surface area contributed by atoms with Crippen LogP contribution in [0.5, 0.6) is 0 Å². The van der Waals surface area contributed by atoms with Crippen LogP contribution in [-0.2, 0) is 11.8 Å². The fourth-order valence-corrected chi connectivity index (χ4v) is 2.31. The molecule has 0 saturated carbocycles. The Labute approximate surface area is 124 Å². The molecule has 0 aromatic heterocycles. The van der Waals surface area contributed by atoms with Gasteiger partial charge in [-0.25, -0.2) is 0 Å². The van der Waals surface area contributed by atoms with Crippen LogP contribution in [0, 0.1) is 0 Å². The number of hydrogen-bond acceptors (Lipinski definition) is 2. The fourth-order valence-electron chi connectivity index (χ4n) is 2.31. The number of benzene rings is 1. The quantitative estimate of drug-likeness (QED) is 0.745. The number of aliphatic hydroxyl groups is 1. The summed E-state index contributed by atoms with van der Waals surface area (Å²) < 4.78 is 0. The second kappa shape index (κ2) is 7.24. The lowest BCUT2D eigenvalue weighted by Crippen LogP contribution is -2.32. The van der Waals surface area contributed by atoms with Crippen LogP contribution in [0.25, 0.3) is 0 Å². The second-order valence-corrected chi connectivity index (χ2v) is 7.12. The van der Waals surface area contributed by atoms with E-state index in [4.69, 9.17) is 0 Å². The molecule has 0 aliphatic carbocycles. The van der Waals surface area contributed by atoms with Crippen molar-refractivity contribution in [1.82, 2.24) is 5.32 Å². The first-order chi connectivity index (χ1) is 9.24. The van der Waals surface area contributed by atoms with Crippen molar-refractivity contribution in [3.8, 4) is 0 Å². The van der Waals surface area contributed by atoms with Crippen LogP contribution in [0.4, 0.5) is 0 Å². The van der Waals surface area contributed by atoms with Crippen molar-refractivity contribution in [1.29, 1.82) is 0 Å². The van der Waals surface area contributed by atoms with E-state index in [0.717, 1.165) is 25.9 Å². The van der Waals surface area contributed by atoms with Crippen molar-refractivity contribution in [3.63, 3.8) is 0 Å². The lowest BCUT2D eigenvalue weighted by molar-refractivity contribution is 0.0516. The molecular weight excluding hydrogens is 246 g/mol. The fraction of sp³-hybridized carbons (Fsp3) is 0.667. The average Bonchev–Trinajstić information content (AvgIpc) is 2.34. The SMILES string of the molecule is CCCNCCC(C)(O)Cc1ccc(C(C)(C)C)cc1. The molecule has 0 bridgehead atoms. The lowest BCUT2D eigenvalue weighted by atomic mass is 9.85. The van der Waals surface area contributed by atoms with E-state index in [0.29, 0.717) is 6.42 Å². The van der Waals surface area contributed by atoms with Gasteiger partial charge >= 0.3 is 0 Å². The summed E-state index contributed by atoms with van der Waals surface area (Å²) in [4.78, 5) is 0. The molecule has 0 saturated heterocycles. The molecule has 2 nitrogen and oxygen atoms in total. The van der Waals surface area contributed by atoms with E-state index < -0.39 is 5.60 Å². The Morgan fingerprint density at radius 2 is 1.60 bits per heavy atom. The maximum absolute atomic E-state index is 10.5. The van der Waals surface area contributed by atoms with Crippen molar-refractivity contribution < 1.29 is 5.11 Å². The van der Waals surface area contributed by atoms with E-state index in [1.807, 2.05) is 6.92 Å². The van der Waals surface area contributed by atoms with Gasteiger partial charge in [0.05, 0.1) is 5.60 Å². The van der Waals surface area contributed by atoms with Gasteiger partial charge in [0.15, 0.2) is 0 Å². The van der Waals surface area contributed by atoms with Gasteiger partial charge in [-0.1, -0.05) is 52.0 Å². The predicted octanol–water partition coefficient (Wildman–Crippen LogP) is 3.67. The van der Waals surface area contributed by atoms with Crippen molar-refractivity contribution in [2.45, 2.75) is 64.9 Å². The van der Waals surface area contributed by atoms with Gasteiger partial charge in [0.25, 0.3) is 0 Å². The number of nitrogens with one attached hydrogen (secondary N) is 1.